The largest absolute Gasteiger partial charge is 0.399 e. The fourth-order valence-electron chi connectivity index (χ4n) is 1.41. The van der Waals surface area contributed by atoms with Crippen molar-refractivity contribution in [1.29, 1.82) is 0 Å². The maximum Gasteiger partial charge on any atom is 0.224 e. The second-order valence-corrected chi connectivity index (χ2v) is 3.82. The molecule has 1 aromatic carbocycles. The lowest BCUT2D eigenvalue weighted by atomic mass is 10.1. The van der Waals surface area contributed by atoms with Gasteiger partial charge in [-0.05, 0) is 43.5 Å². The van der Waals surface area contributed by atoms with E-state index in [1.54, 1.807) is 0 Å². The quantitative estimate of drug-likeness (QED) is 0.747. The number of benzene rings is 1. The Balaban J connectivity index is 2.86. The van der Waals surface area contributed by atoms with Gasteiger partial charge in [-0.15, -0.1) is 0 Å². The molecule has 3 N–H and O–H groups in total. The molecule has 0 saturated heterocycles. The molecule has 0 aliphatic rings. The summed E-state index contributed by atoms with van der Waals surface area (Å²) in [5, 5.41) is 2.88. The minimum Gasteiger partial charge on any atom is -0.399 e. The Morgan fingerprint density at radius 1 is 1.33 bits per heavy atom. The number of carbonyl (C=O) groups is 1. The molecule has 0 bridgehead atoms. The third-order valence-corrected chi connectivity index (χ3v) is 2.36. The predicted octanol–water partition coefficient (Wildman–Crippen LogP) is 2.62. The first-order valence-corrected chi connectivity index (χ1v) is 5.21. The van der Waals surface area contributed by atoms with Gasteiger partial charge in [-0.1, -0.05) is 6.92 Å². The van der Waals surface area contributed by atoms with Crippen LogP contribution in [0.2, 0.25) is 0 Å². The summed E-state index contributed by atoms with van der Waals surface area (Å²) in [5.41, 5.74) is 9.39. The van der Waals surface area contributed by atoms with Crippen molar-refractivity contribution in [2.24, 2.45) is 0 Å². The fraction of sp³-hybridized carbons (Fsp3) is 0.417. The predicted molar refractivity (Wildman–Crippen MR) is 63.9 cm³/mol. The van der Waals surface area contributed by atoms with Crippen LogP contribution in [0, 0.1) is 13.8 Å². The van der Waals surface area contributed by atoms with Crippen molar-refractivity contribution in [3.63, 3.8) is 0 Å². The molecule has 0 radical (unpaired) electrons. The minimum atomic E-state index is 0.0600. The molecule has 0 aliphatic heterocycles. The number of nitrogens with one attached hydrogen (secondary N) is 1. The number of amides is 1. The van der Waals surface area contributed by atoms with E-state index in [4.69, 9.17) is 5.73 Å². The molecule has 0 heterocycles. The van der Waals surface area contributed by atoms with E-state index in [2.05, 4.69) is 5.32 Å². The Bertz CT molecular complexity index is 372. The standard InChI is InChI=1S/C12H18N2O/c1-4-5-12(15)14-11-7-8(2)10(13)6-9(11)3/h6-7H,4-5,13H2,1-3H3,(H,14,15). The lowest BCUT2D eigenvalue weighted by molar-refractivity contribution is -0.116. The van der Waals surface area contributed by atoms with Crippen LogP contribution in [0.1, 0.15) is 30.9 Å². The summed E-state index contributed by atoms with van der Waals surface area (Å²) in [7, 11) is 0. The van der Waals surface area contributed by atoms with Gasteiger partial charge in [0, 0.05) is 17.8 Å². The second-order valence-electron chi connectivity index (χ2n) is 3.82. The van der Waals surface area contributed by atoms with Gasteiger partial charge < -0.3 is 11.1 Å². The maximum absolute atomic E-state index is 11.4. The molecule has 0 spiro atoms. The molecule has 1 amide bonds. The van der Waals surface area contributed by atoms with E-state index in [0.29, 0.717) is 6.42 Å². The first kappa shape index (κ1) is 11.6. The normalized spacial score (nSPS) is 10.1. The molecule has 0 saturated carbocycles. The summed E-state index contributed by atoms with van der Waals surface area (Å²) in [6.07, 6.45) is 1.42. The smallest absolute Gasteiger partial charge is 0.224 e. The van der Waals surface area contributed by atoms with Gasteiger partial charge in [0.05, 0.1) is 0 Å². The van der Waals surface area contributed by atoms with Crippen molar-refractivity contribution in [3.05, 3.63) is 23.3 Å². The number of nitrogens with two attached hydrogens (primary N) is 1. The van der Waals surface area contributed by atoms with Crippen LogP contribution in [0.3, 0.4) is 0 Å². The van der Waals surface area contributed by atoms with Crippen molar-refractivity contribution in [1.82, 2.24) is 0 Å². The molecule has 0 fully saturated rings. The van der Waals surface area contributed by atoms with E-state index in [9.17, 15) is 4.79 Å². The van der Waals surface area contributed by atoms with Crippen LogP contribution in [0.25, 0.3) is 0 Å². The SMILES string of the molecule is CCCC(=O)Nc1cc(C)c(N)cc1C. The zero-order valence-corrected chi connectivity index (χ0v) is 9.55. The Morgan fingerprint density at radius 3 is 2.60 bits per heavy atom. The van der Waals surface area contributed by atoms with Gasteiger partial charge in [-0.2, -0.15) is 0 Å². The lowest BCUT2D eigenvalue weighted by Gasteiger charge is -2.10. The summed E-state index contributed by atoms with van der Waals surface area (Å²) in [6.45, 7) is 5.86. The summed E-state index contributed by atoms with van der Waals surface area (Å²) < 4.78 is 0. The van der Waals surface area contributed by atoms with Crippen LogP contribution in [0.5, 0.6) is 0 Å². The van der Waals surface area contributed by atoms with Crippen molar-refractivity contribution < 1.29 is 4.79 Å². The summed E-state index contributed by atoms with van der Waals surface area (Å²) in [4.78, 5) is 11.4. The molecule has 15 heavy (non-hydrogen) atoms. The van der Waals surface area contributed by atoms with E-state index < -0.39 is 0 Å². The Hall–Kier alpha value is -1.51. The third kappa shape index (κ3) is 2.98. The van der Waals surface area contributed by atoms with Crippen LogP contribution in [-0.4, -0.2) is 5.91 Å². The van der Waals surface area contributed by atoms with Crippen LogP contribution < -0.4 is 11.1 Å². The highest BCUT2D eigenvalue weighted by Gasteiger charge is 2.05. The van der Waals surface area contributed by atoms with Crippen molar-refractivity contribution in [3.8, 4) is 0 Å². The number of hydrogen-bond acceptors (Lipinski definition) is 2. The van der Waals surface area contributed by atoms with Gasteiger partial charge in [0.1, 0.15) is 0 Å². The molecule has 3 nitrogen and oxygen atoms in total. The molecule has 0 atom stereocenters. The van der Waals surface area contributed by atoms with Gasteiger partial charge >= 0.3 is 0 Å². The molecular formula is C12H18N2O. The molecule has 1 rings (SSSR count). The van der Waals surface area contributed by atoms with Crippen molar-refractivity contribution >= 4 is 17.3 Å². The van der Waals surface area contributed by atoms with E-state index in [0.717, 1.165) is 28.9 Å². The summed E-state index contributed by atoms with van der Waals surface area (Å²) in [6, 6.07) is 3.80. The van der Waals surface area contributed by atoms with Crippen LogP contribution >= 0.6 is 0 Å². The molecule has 3 heteroatoms. The monoisotopic (exact) mass is 206 g/mol. The van der Waals surface area contributed by atoms with Crippen molar-refractivity contribution in [2.45, 2.75) is 33.6 Å². The highest BCUT2D eigenvalue weighted by molar-refractivity contribution is 5.91. The van der Waals surface area contributed by atoms with Crippen molar-refractivity contribution in [2.75, 3.05) is 11.1 Å². The van der Waals surface area contributed by atoms with E-state index in [1.165, 1.54) is 0 Å². The lowest BCUT2D eigenvalue weighted by Crippen LogP contribution is -2.12. The topological polar surface area (TPSA) is 55.1 Å². The molecule has 82 valence electrons. The first-order valence-electron chi connectivity index (χ1n) is 5.21. The Kier molecular flexibility index (Phi) is 3.72. The van der Waals surface area contributed by atoms with Gasteiger partial charge in [-0.25, -0.2) is 0 Å². The zero-order chi connectivity index (χ0) is 11.4. The number of anilines is 2. The van der Waals surface area contributed by atoms with E-state index >= 15 is 0 Å². The minimum absolute atomic E-state index is 0.0600. The summed E-state index contributed by atoms with van der Waals surface area (Å²) in [5.74, 6) is 0.0600. The average Bonchev–Trinajstić information content (AvgIpc) is 2.14. The number of hydrogen-bond donors (Lipinski definition) is 2. The molecular weight excluding hydrogens is 188 g/mol. The highest BCUT2D eigenvalue weighted by atomic mass is 16.1. The molecule has 0 unspecified atom stereocenters. The number of nitrogen functional groups attached to an aromatic ring is 1. The Labute approximate surface area is 90.7 Å². The molecule has 0 aromatic heterocycles. The molecule has 1 aromatic rings. The number of rotatable bonds is 3. The first-order chi connectivity index (χ1) is 7.04. The fourth-order valence-corrected chi connectivity index (χ4v) is 1.41. The zero-order valence-electron chi connectivity index (χ0n) is 9.55. The van der Waals surface area contributed by atoms with E-state index in [-0.39, 0.29) is 5.91 Å². The number of aryl methyl sites for hydroxylation is 2. The van der Waals surface area contributed by atoms with Gasteiger partial charge in [0.2, 0.25) is 5.91 Å². The highest BCUT2D eigenvalue weighted by Crippen LogP contribution is 2.22. The number of carbonyl (C=O) groups excluding carboxylic acids is 1. The summed E-state index contributed by atoms with van der Waals surface area (Å²) >= 11 is 0. The van der Waals surface area contributed by atoms with Gasteiger partial charge in [-0.3, -0.25) is 4.79 Å². The molecule has 0 aliphatic carbocycles. The van der Waals surface area contributed by atoms with Crippen LogP contribution in [-0.2, 0) is 4.79 Å². The van der Waals surface area contributed by atoms with Gasteiger partial charge in [0.15, 0.2) is 0 Å². The van der Waals surface area contributed by atoms with Gasteiger partial charge in [0.25, 0.3) is 0 Å². The Morgan fingerprint density at radius 2 is 2.00 bits per heavy atom. The maximum atomic E-state index is 11.4. The van der Waals surface area contributed by atoms with Crippen LogP contribution in [0.15, 0.2) is 12.1 Å². The average molecular weight is 206 g/mol. The second kappa shape index (κ2) is 4.82. The third-order valence-electron chi connectivity index (χ3n) is 2.36. The van der Waals surface area contributed by atoms with E-state index in [1.807, 2.05) is 32.9 Å². The van der Waals surface area contributed by atoms with Crippen LogP contribution in [0.4, 0.5) is 11.4 Å².